The van der Waals surface area contributed by atoms with Gasteiger partial charge in [0.25, 0.3) is 10.2 Å². The van der Waals surface area contributed by atoms with Crippen LogP contribution in [-0.2, 0) is 19.7 Å². The predicted molar refractivity (Wildman–Crippen MR) is 75.6 cm³/mol. The first-order chi connectivity index (χ1) is 9.51. The smallest absolute Gasteiger partial charge is 0.282 e. The topological polar surface area (TPSA) is 66.9 Å². The number of hydrogen-bond donors (Lipinski definition) is 0. The third-order valence-electron chi connectivity index (χ3n) is 3.94. The molecule has 0 aliphatic carbocycles. The van der Waals surface area contributed by atoms with Crippen LogP contribution in [0.5, 0.6) is 0 Å². The van der Waals surface area contributed by atoms with Crippen molar-refractivity contribution in [2.45, 2.75) is 45.1 Å². The van der Waals surface area contributed by atoms with E-state index in [-0.39, 0.29) is 11.8 Å². The molecule has 0 spiro atoms. The van der Waals surface area contributed by atoms with Crippen LogP contribution in [0.2, 0.25) is 0 Å². The predicted octanol–water partition coefficient (Wildman–Crippen LogP) is 0.787. The van der Waals surface area contributed by atoms with E-state index >= 15 is 0 Å². The molecule has 0 bridgehead atoms. The zero-order chi connectivity index (χ0) is 14.6. The van der Waals surface area contributed by atoms with Gasteiger partial charge in [-0.1, -0.05) is 12.8 Å². The highest BCUT2D eigenvalue weighted by molar-refractivity contribution is 7.86. The van der Waals surface area contributed by atoms with Crippen LogP contribution in [0.3, 0.4) is 0 Å². The third-order valence-corrected chi connectivity index (χ3v) is 6.03. The zero-order valence-electron chi connectivity index (χ0n) is 12.1. The molecule has 0 aromatic carbocycles. The molecule has 0 aromatic heterocycles. The molecule has 2 saturated heterocycles. The molecule has 20 heavy (non-hydrogen) atoms. The summed E-state index contributed by atoms with van der Waals surface area (Å²) in [5, 5.41) is 0. The normalized spacial score (nSPS) is 27.1. The average Bonchev–Trinajstić information content (AvgIpc) is 2.65. The van der Waals surface area contributed by atoms with Crippen LogP contribution in [0.15, 0.2) is 0 Å². The molecule has 2 aliphatic rings. The minimum atomic E-state index is -3.47. The number of nitrogens with zero attached hydrogens (tertiary/aromatic N) is 2. The van der Waals surface area contributed by atoms with E-state index < -0.39 is 10.2 Å². The van der Waals surface area contributed by atoms with Crippen LogP contribution in [-0.4, -0.2) is 61.7 Å². The highest BCUT2D eigenvalue weighted by Crippen LogP contribution is 2.24. The van der Waals surface area contributed by atoms with Crippen molar-refractivity contribution in [3.63, 3.8) is 0 Å². The van der Waals surface area contributed by atoms with Gasteiger partial charge in [-0.2, -0.15) is 17.0 Å². The fraction of sp³-hybridized carbons (Fsp3) is 0.923. The van der Waals surface area contributed by atoms with Gasteiger partial charge in [-0.25, -0.2) is 0 Å². The van der Waals surface area contributed by atoms with Crippen molar-refractivity contribution in [2.24, 2.45) is 0 Å². The lowest BCUT2D eigenvalue weighted by Gasteiger charge is -2.35. The van der Waals surface area contributed by atoms with Gasteiger partial charge in [-0.3, -0.25) is 4.79 Å². The fourth-order valence-corrected chi connectivity index (χ4v) is 4.74. The first kappa shape index (κ1) is 15.9. The van der Waals surface area contributed by atoms with Crippen molar-refractivity contribution in [3.05, 3.63) is 0 Å². The first-order valence-electron chi connectivity index (χ1n) is 7.36. The Hall–Kier alpha value is -0.500. The number of hydrogen-bond acceptors (Lipinski definition) is 4. The summed E-state index contributed by atoms with van der Waals surface area (Å²) in [4.78, 5) is 11.4. The molecule has 2 heterocycles. The summed E-state index contributed by atoms with van der Waals surface area (Å²) in [5.74, 6) is 0.0547. The summed E-state index contributed by atoms with van der Waals surface area (Å²) in [6, 6.07) is -0.178. The van der Waals surface area contributed by atoms with Gasteiger partial charge in [0.1, 0.15) is 5.78 Å². The first-order valence-corrected chi connectivity index (χ1v) is 8.75. The second-order valence-corrected chi connectivity index (χ2v) is 7.42. The lowest BCUT2D eigenvalue weighted by Crippen LogP contribution is -2.52. The Morgan fingerprint density at radius 2 is 1.85 bits per heavy atom. The van der Waals surface area contributed by atoms with Gasteiger partial charge < -0.3 is 4.74 Å². The molecule has 2 fully saturated rings. The number of Topliss-reactive ketones (excluding diaryl/α,β-unsaturated/α-hetero) is 1. The van der Waals surface area contributed by atoms with Gasteiger partial charge in [0, 0.05) is 32.1 Å². The standard InChI is InChI=1S/C13H24N2O4S/c1-12(16)11-13-5-3-2-4-6-15(13)20(17,18)14-7-9-19-10-8-14/h13H,2-11H2,1H3. The van der Waals surface area contributed by atoms with Gasteiger partial charge in [-0.15, -0.1) is 0 Å². The maximum absolute atomic E-state index is 12.8. The molecule has 0 saturated carbocycles. The van der Waals surface area contributed by atoms with Crippen LogP contribution in [0.4, 0.5) is 0 Å². The van der Waals surface area contributed by atoms with Gasteiger partial charge in [-0.05, 0) is 19.8 Å². The van der Waals surface area contributed by atoms with Crippen LogP contribution < -0.4 is 0 Å². The van der Waals surface area contributed by atoms with E-state index in [0.717, 1.165) is 25.7 Å². The SMILES string of the molecule is CC(=O)CC1CCCCCN1S(=O)(=O)N1CCOCC1. The quantitative estimate of drug-likeness (QED) is 0.770. The number of carbonyl (C=O) groups excluding carboxylic acids is 1. The Balaban J connectivity index is 2.17. The van der Waals surface area contributed by atoms with Crippen molar-refractivity contribution in [2.75, 3.05) is 32.8 Å². The number of rotatable bonds is 4. The molecule has 1 unspecified atom stereocenters. The Kier molecular flexibility index (Phi) is 5.54. The van der Waals surface area contributed by atoms with E-state index in [2.05, 4.69) is 0 Å². The highest BCUT2D eigenvalue weighted by Gasteiger charge is 2.36. The zero-order valence-corrected chi connectivity index (χ0v) is 12.9. The van der Waals surface area contributed by atoms with Crippen molar-refractivity contribution in [1.82, 2.24) is 8.61 Å². The van der Waals surface area contributed by atoms with E-state index in [0.29, 0.717) is 39.3 Å². The van der Waals surface area contributed by atoms with Crippen LogP contribution >= 0.6 is 0 Å². The Bertz CT molecular complexity index is 432. The second-order valence-electron chi connectivity index (χ2n) is 5.54. The maximum atomic E-state index is 12.8. The number of ketones is 1. The van der Waals surface area contributed by atoms with Crippen molar-refractivity contribution in [1.29, 1.82) is 0 Å². The molecule has 2 rings (SSSR count). The highest BCUT2D eigenvalue weighted by atomic mass is 32.2. The molecular formula is C13H24N2O4S. The van der Waals surface area contributed by atoms with Gasteiger partial charge in [0.2, 0.25) is 0 Å². The van der Waals surface area contributed by atoms with Crippen LogP contribution in [0.25, 0.3) is 0 Å². The Morgan fingerprint density at radius 3 is 2.50 bits per heavy atom. The van der Waals surface area contributed by atoms with Crippen molar-refractivity contribution >= 4 is 16.0 Å². The van der Waals surface area contributed by atoms with E-state index in [1.165, 1.54) is 11.2 Å². The molecule has 6 nitrogen and oxygen atoms in total. The summed E-state index contributed by atoms with van der Waals surface area (Å²) in [6.45, 7) is 3.77. The molecule has 0 aromatic rings. The summed E-state index contributed by atoms with van der Waals surface area (Å²) < 4.78 is 33.8. The molecule has 0 N–H and O–H groups in total. The summed E-state index contributed by atoms with van der Waals surface area (Å²) in [6.07, 6.45) is 4.00. The Morgan fingerprint density at radius 1 is 1.15 bits per heavy atom. The molecular weight excluding hydrogens is 280 g/mol. The van der Waals surface area contributed by atoms with Crippen molar-refractivity contribution < 1.29 is 17.9 Å². The largest absolute Gasteiger partial charge is 0.379 e. The second kappa shape index (κ2) is 6.98. The van der Waals surface area contributed by atoms with E-state index in [4.69, 9.17) is 4.74 Å². The molecule has 1 atom stereocenters. The molecule has 0 radical (unpaired) electrons. The van der Waals surface area contributed by atoms with Crippen LogP contribution in [0.1, 0.15) is 39.0 Å². The van der Waals surface area contributed by atoms with E-state index in [9.17, 15) is 13.2 Å². The minimum absolute atomic E-state index is 0.0547. The fourth-order valence-electron chi connectivity index (χ4n) is 2.92. The molecule has 2 aliphatic heterocycles. The van der Waals surface area contributed by atoms with Crippen molar-refractivity contribution in [3.8, 4) is 0 Å². The molecule has 7 heteroatoms. The van der Waals surface area contributed by atoms with Gasteiger partial charge >= 0.3 is 0 Å². The van der Waals surface area contributed by atoms with E-state index in [1.807, 2.05) is 0 Å². The lowest BCUT2D eigenvalue weighted by atomic mass is 10.1. The summed E-state index contributed by atoms with van der Waals surface area (Å²) >= 11 is 0. The average molecular weight is 304 g/mol. The third kappa shape index (κ3) is 3.78. The van der Waals surface area contributed by atoms with Gasteiger partial charge in [0.15, 0.2) is 0 Å². The van der Waals surface area contributed by atoms with Gasteiger partial charge in [0.05, 0.1) is 13.2 Å². The summed E-state index contributed by atoms with van der Waals surface area (Å²) in [7, 11) is -3.47. The Labute approximate surface area is 121 Å². The molecule has 0 amide bonds. The van der Waals surface area contributed by atoms with Crippen LogP contribution in [0, 0.1) is 0 Å². The lowest BCUT2D eigenvalue weighted by molar-refractivity contribution is -0.117. The summed E-state index contributed by atoms with van der Waals surface area (Å²) in [5.41, 5.74) is 0. The van der Waals surface area contributed by atoms with E-state index in [1.54, 1.807) is 4.31 Å². The number of morpholine rings is 1. The number of ether oxygens (including phenoxy) is 1. The number of carbonyl (C=O) groups is 1. The molecule has 116 valence electrons. The minimum Gasteiger partial charge on any atom is -0.379 e. The maximum Gasteiger partial charge on any atom is 0.282 e. The monoisotopic (exact) mass is 304 g/mol.